The van der Waals surface area contributed by atoms with Crippen LogP contribution in [0.15, 0.2) is 40.8 Å². The summed E-state index contributed by atoms with van der Waals surface area (Å²) >= 11 is 0. The van der Waals surface area contributed by atoms with Gasteiger partial charge in [0.05, 0.1) is 22.6 Å². The zero-order valence-electron chi connectivity index (χ0n) is 12.0. The number of hydrogen-bond acceptors (Lipinski definition) is 5. The van der Waals surface area contributed by atoms with Crippen molar-refractivity contribution in [1.29, 1.82) is 0 Å². The smallest absolute Gasteiger partial charge is 0.280 e. The van der Waals surface area contributed by atoms with E-state index in [1.165, 1.54) is 6.07 Å². The maximum absolute atomic E-state index is 11.0. The molecule has 0 aliphatic rings. The van der Waals surface area contributed by atoms with Gasteiger partial charge in [-0.3, -0.25) is 10.1 Å². The summed E-state index contributed by atoms with van der Waals surface area (Å²) in [5.41, 5.74) is -0.327. The predicted octanol–water partition coefficient (Wildman–Crippen LogP) is 2.72. The van der Waals surface area contributed by atoms with Crippen molar-refractivity contribution in [1.82, 2.24) is 5.32 Å². The van der Waals surface area contributed by atoms with Crippen molar-refractivity contribution in [3.63, 3.8) is 0 Å². The van der Waals surface area contributed by atoms with Crippen LogP contribution in [0.25, 0.3) is 11.3 Å². The highest BCUT2D eigenvalue weighted by Crippen LogP contribution is 2.30. The lowest BCUT2D eigenvalue weighted by atomic mass is 10.1. The monoisotopic (exact) mass is 290 g/mol. The molecule has 1 heterocycles. The highest BCUT2D eigenvalue weighted by Gasteiger charge is 2.17. The Balaban J connectivity index is 2.12. The Hall–Kier alpha value is -2.18. The lowest BCUT2D eigenvalue weighted by molar-refractivity contribution is -0.384. The first-order chi connectivity index (χ1) is 9.87. The predicted molar refractivity (Wildman–Crippen MR) is 78.8 cm³/mol. The van der Waals surface area contributed by atoms with Crippen molar-refractivity contribution >= 4 is 5.69 Å². The molecule has 0 saturated carbocycles. The molecule has 6 heteroatoms. The summed E-state index contributed by atoms with van der Waals surface area (Å²) < 4.78 is 5.63. The first-order valence-electron chi connectivity index (χ1n) is 6.62. The van der Waals surface area contributed by atoms with E-state index in [1.54, 1.807) is 44.2 Å². The van der Waals surface area contributed by atoms with Crippen LogP contribution in [0.2, 0.25) is 0 Å². The van der Waals surface area contributed by atoms with Crippen molar-refractivity contribution in [2.45, 2.75) is 26.0 Å². The molecule has 21 heavy (non-hydrogen) atoms. The molecule has 0 amide bonds. The van der Waals surface area contributed by atoms with Crippen LogP contribution in [0.3, 0.4) is 0 Å². The summed E-state index contributed by atoms with van der Waals surface area (Å²) in [5, 5.41) is 23.7. The van der Waals surface area contributed by atoms with E-state index >= 15 is 0 Å². The Morgan fingerprint density at radius 3 is 2.67 bits per heavy atom. The number of para-hydroxylation sites is 1. The number of hydrogen-bond donors (Lipinski definition) is 2. The summed E-state index contributed by atoms with van der Waals surface area (Å²) in [5.74, 6) is 1.12. The molecule has 112 valence electrons. The van der Waals surface area contributed by atoms with Crippen LogP contribution in [-0.2, 0) is 6.54 Å². The Labute approximate surface area is 122 Å². The maximum atomic E-state index is 11.0. The van der Waals surface area contributed by atoms with Gasteiger partial charge in [0.2, 0.25) is 0 Å². The molecule has 0 fully saturated rings. The normalized spacial score (nSPS) is 11.6. The topological polar surface area (TPSA) is 88.5 Å². The van der Waals surface area contributed by atoms with Gasteiger partial charge in [-0.2, -0.15) is 0 Å². The molecule has 0 aliphatic carbocycles. The molecule has 0 unspecified atom stereocenters. The number of nitrogens with zero attached hydrogens (tertiary/aromatic N) is 1. The fraction of sp³-hybridized carbons (Fsp3) is 0.333. The minimum atomic E-state index is -0.798. The van der Waals surface area contributed by atoms with Gasteiger partial charge in [0.25, 0.3) is 5.69 Å². The molecule has 0 atom stereocenters. The van der Waals surface area contributed by atoms with Gasteiger partial charge in [-0.25, -0.2) is 0 Å². The third-order valence-electron chi connectivity index (χ3n) is 2.88. The summed E-state index contributed by atoms with van der Waals surface area (Å²) in [6.07, 6.45) is 0. The minimum Gasteiger partial charge on any atom is -0.459 e. The molecule has 1 aromatic carbocycles. The average molecular weight is 290 g/mol. The van der Waals surface area contributed by atoms with E-state index in [1.807, 2.05) is 0 Å². The van der Waals surface area contributed by atoms with E-state index in [2.05, 4.69) is 5.32 Å². The van der Waals surface area contributed by atoms with Crippen LogP contribution in [0.1, 0.15) is 19.6 Å². The van der Waals surface area contributed by atoms with Gasteiger partial charge in [0.1, 0.15) is 11.5 Å². The Kier molecular flexibility index (Phi) is 4.40. The number of nitrogens with one attached hydrogen (secondary N) is 1. The minimum absolute atomic E-state index is 0.0165. The molecule has 6 nitrogen and oxygen atoms in total. The molecular weight excluding hydrogens is 272 g/mol. The molecule has 2 aromatic rings. The van der Waals surface area contributed by atoms with Crippen molar-refractivity contribution in [2.24, 2.45) is 0 Å². The molecule has 2 rings (SSSR count). The Morgan fingerprint density at radius 1 is 1.29 bits per heavy atom. The first kappa shape index (κ1) is 15.2. The highest BCUT2D eigenvalue weighted by molar-refractivity contribution is 5.69. The number of aliphatic hydroxyl groups is 1. The van der Waals surface area contributed by atoms with Gasteiger partial charge >= 0.3 is 0 Å². The lowest BCUT2D eigenvalue weighted by Crippen LogP contribution is -2.34. The van der Waals surface area contributed by atoms with E-state index in [4.69, 9.17) is 4.42 Å². The zero-order valence-corrected chi connectivity index (χ0v) is 12.0. The zero-order chi connectivity index (χ0) is 15.5. The van der Waals surface area contributed by atoms with Crippen molar-refractivity contribution in [3.8, 4) is 11.3 Å². The van der Waals surface area contributed by atoms with E-state index in [0.717, 1.165) is 0 Å². The number of benzene rings is 1. The second-order valence-electron chi connectivity index (χ2n) is 5.46. The van der Waals surface area contributed by atoms with Gasteiger partial charge in [0.15, 0.2) is 0 Å². The molecule has 2 N–H and O–H groups in total. The van der Waals surface area contributed by atoms with Crippen LogP contribution >= 0.6 is 0 Å². The van der Waals surface area contributed by atoms with E-state index in [0.29, 0.717) is 30.2 Å². The van der Waals surface area contributed by atoms with Crippen LogP contribution in [0.4, 0.5) is 5.69 Å². The van der Waals surface area contributed by atoms with E-state index in [9.17, 15) is 15.2 Å². The summed E-state index contributed by atoms with van der Waals surface area (Å²) in [7, 11) is 0. The van der Waals surface area contributed by atoms with Gasteiger partial charge in [-0.15, -0.1) is 0 Å². The van der Waals surface area contributed by atoms with Gasteiger partial charge < -0.3 is 14.8 Å². The quantitative estimate of drug-likeness (QED) is 0.630. The van der Waals surface area contributed by atoms with Crippen molar-refractivity contribution in [3.05, 3.63) is 52.3 Å². The molecule has 0 radical (unpaired) electrons. The molecule has 1 aromatic heterocycles. The average Bonchev–Trinajstić information content (AvgIpc) is 2.86. The summed E-state index contributed by atoms with van der Waals surface area (Å²) in [6, 6.07) is 9.94. The second kappa shape index (κ2) is 6.07. The van der Waals surface area contributed by atoms with Crippen molar-refractivity contribution < 1.29 is 14.4 Å². The molecule has 0 saturated heterocycles. The van der Waals surface area contributed by atoms with Gasteiger partial charge in [0, 0.05) is 12.6 Å². The van der Waals surface area contributed by atoms with Crippen LogP contribution in [0.5, 0.6) is 0 Å². The molecule has 0 spiro atoms. The van der Waals surface area contributed by atoms with Crippen LogP contribution < -0.4 is 5.32 Å². The first-order valence-corrected chi connectivity index (χ1v) is 6.62. The SMILES string of the molecule is CC(C)(O)CNCc1ccc(-c2ccccc2[N+](=O)[O-])o1. The molecule has 0 aliphatic heterocycles. The summed E-state index contributed by atoms with van der Waals surface area (Å²) in [4.78, 5) is 10.6. The van der Waals surface area contributed by atoms with E-state index in [-0.39, 0.29) is 5.69 Å². The van der Waals surface area contributed by atoms with Gasteiger partial charge in [-0.1, -0.05) is 12.1 Å². The Bertz CT molecular complexity index is 629. The third kappa shape index (κ3) is 4.14. The second-order valence-corrected chi connectivity index (χ2v) is 5.46. The fourth-order valence-corrected chi connectivity index (χ4v) is 1.95. The third-order valence-corrected chi connectivity index (χ3v) is 2.88. The lowest BCUT2D eigenvalue weighted by Gasteiger charge is -2.16. The number of rotatable bonds is 6. The van der Waals surface area contributed by atoms with Crippen molar-refractivity contribution in [2.75, 3.05) is 6.54 Å². The summed E-state index contributed by atoms with van der Waals surface area (Å²) in [6.45, 7) is 4.29. The largest absolute Gasteiger partial charge is 0.459 e. The molecule has 0 bridgehead atoms. The van der Waals surface area contributed by atoms with Crippen LogP contribution in [-0.4, -0.2) is 22.2 Å². The fourth-order valence-electron chi connectivity index (χ4n) is 1.95. The molecular formula is C15H18N2O4. The highest BCUT2D eigenvalue weighted by atomic mass is 16.6. The maximum Gasteiger partial charge on any atom is 0.280 e. The number of furan rings is 1. The van der Waals surface area contributed by atoms with Gasteiger partial charge in [-0.05, 0) is 32.0 Å². The number of nitro groups is 1. The Morgan fingerprint density at radius 2 is 2.00 bits per heavy atom. The van der Waals surface area contributed by atoms with Crippen LogP contribution in [0, 0.1) is 10.1 Å². The van der Waals surface area contributed by atoms with E-state index < -0.39 is 10.5 Å². The standard InChI is InChI=1S/C15H18N2O4/c1-15(2,18)10-16-9-11-7-8-14(21-11)12-5-3-4-6-13(12)17(19)20/h3-8,16,18H,9-10H2,1-2H3. The number of nitro benzene ring substituents is 1.